The van der Waals surface area contributed by atoms with Crippen molar-refractivity contribution in [3.63, 3.8) is 0 Å². The predicted molar refractivity (Wildman–Crippen MR) is 93.2 cm³/mol. The smallest absolute Gasteiger partial charge is 0.265 e. The first kappa shape index (κ1) is 17.6. The topological polar surface area (TPSA) is 102 Å². The van der Waals surface area contributed by atoms with Crippen LogP contribution in [0.3, 0.4) is 0 Å². The van der Waals surface area contributed by atoms with Crippen molar-refractivity contribution in [3.05, 3.63) is 23.8 Å². The van der Waals surface area contributed by atoms with E-state index in [1.807, 2.05) is 11.8 Å². The first-order valence-corrected chi connectivity index (χ1v) is 9.62. The van der Waals surface area contributed by atoms with E-state index < -0.39 is 10.0 Å². The van der Waals surface area contributed by atoms with Gasteiger partial charge in [0.15, 0.2) is 0 Å². The molecule has 1 fully saturated rings. The number of anilines is 2. The van der Waals surface area contributed by atoms with Crippen LogP contribution in [0.25, 0.3) is 0 Å². The van der Waals surface area contributed by atoms with Gasteiger partial charge in [0.05, 0.1) is 42.7 Å². The first-order valence-electron chi connectivity index (χ1n) is 8.14. The third kappa shape index (κ3) is 3.59. The summed E-state index contributed by atoms with van der Waals surface area (Å²) in [5.41, 5.74) is 1.40. The van der Waals surface area contributed by atoms with Crippen LogP contribution in [0.1, 0.15) is 18.3 Å². The van der Waals surface area contributed by atoms with Crippen LogP contribution in [0.2, 0.25) is 0 Å². The van der Waals surface area contributed by atoms with Gasteiger partial charge in [-0.25, -0.2) is 18.4 Å². The Balaban J connectivity index is 1.80. The number of hydrogen-bond donors (Lipinski definition) is 1. The second kappa shape index (κ2) is 6.96. The molecular weight excluding hydrogens is 344 g/mol. The lowest BCUT2D eigenvalue weighted by Gasteiger charge is -2.26. The number of nitrogens with one attached hydrogen (secondary N) is 1. The Hall–Kier alpha value is -2.20. The summed E-state index contributed by atoms with van der Waals surface area (Å²) >= 11 is 0. The van der Waals surface area contributed by atoms with Crippen molar-refractivity contribution < 1.29 is 13.2 Å². The number of sulfonamides is 1. The number of aryl methyl sites for hydroxylation is 2. The van der Waals surface area contributed by atoms with E-state index in [4.69, 9.17) is 4.74 Å². The normalized spacial score (nSPS) is 15.4. The Morgan fingerprint density at radius 1 is 1.20 bits per heavy atom. The third-order valence-electron chi connectivity index (χ3n) is 4.07. The van der Waals surface area contributed by atoms with Gasteiger partial charge in [-0.05, 0) is 20.8 Å². The molecular formula is C15H22N6O3S. The van der Waals surface area contributed by atoms with Crippen molar-refractivity contribution in [2.24, 2.45) is 0 Å². The maximum atomic E-state index is 12.7. The Morgan fingerprint density at radius 2 is 1.84 bits per heavy atom. The molecule has 1 aliphatic rings. The van der Waals surface area contributed by atoms with Crippen molar-refractivity contribution in [3.8, 4) is 0 Å². The van der Waals surface area contributed by atoms with Crippen molar-refractivity contribution in [2.45, 2.75) is 32.2 Å². The number of nitrogens with zero attached hydrogens (tertiary/aromatic N) is 5. The number of ether oxygens (including phenoxy) is 1. The van der Waals surface area contributed by atoms with E-state index in [2.05, 4.69) is 19.8 Å². The van der Waals surface area contributed by atoms with E-state index in [9.17, 15) is 8.42 Å². The molecule has 25 heavy (non-hydrogen) atoms. The fourth-order valence-corrected chi connectivity index (χ4v) is 4.33. The van der Waals surface area contributed by atoms with Gasteiger partial charge in [0, 0.05) is 19.6 Å². The van der Waals surface area contributed by atoms with E-state index in [-0.39, 0.29) is 4.90 Å². The average molecular weight is 366 g/mol. The summed E-state index contributed by atoms with van der Waals surface area (Å²) in [4.78, 5) is 10.7. The van der Waals surface area contributed by atoms with Crippen LogP contribution in [0, 0.1) is 13.8 Å². The zero-order valence-electron chi connectivity index (χ0n) is 14.6. The SMILES string of the molecule is CCn1nc(C)c(S(=O)(=O)Nc2cnc(N3CCOCC3)nc2)c1C. The maximum absolute atomic E-state index is 12.7. The summed E-state index contributed by atoms with van der Waals surface area (Å²) in [5.74, 6) is 0.567. The standard InChI is InChI=1S/C15H22N6O3S/c1-4-21-12(3)14(11(2)18-21)25(22,23)19-13-9-16-15(17-10-13)20-5-7-24-8-6-20/h9-10,19H,4-8H2,1-3H3. The summed E-state index contributed by atoms with van der Waals surface area (Å²) in [7, 11) is -3.75. The summed E-state index contributed by atoms with van der Waals surface area (Å²) in [6, 6.07) is 0. The molecule has 10 heteroatoms. The van der Waals surface area contributed by atoms with Gasteiger partial charge < -0.3 is 9.64 Å². The Kier molecular flexibility index (Phi) is 4.91. The van der Waals surface area contributed by atoms with Crippen LogP contribution in [0.15, 0.2) is 17.3 Å². The van der Waals surface area contributed by atoms with E-state index in [1.165, 1.54) is 12.4 Å². The van der Waals surface area contributed by atoms with Gasteiger partial charge in [-0.15, -0.1) is 0 Å². The molecule has 0 radical (unpaired) electrons. The van der Waals surface area contributed by atoms with Crippen LogP contribution < -0.4 is 9.62 Å². The Morgan fingerprint density at radius 3 is 2.40 bits per heavy atom. The molecule has 1 saturated heterocycles. The van der Waals surface area contributed by atoms with Gasteiger partial charge in [0.2, 0.25) is 5.95 Å². The van der Waals surface area contributed by atoms with E-state index >= 15 is 0 Å². The summed E-state index contributed by atoms with van der Waals surface area (Å²) < 4.78 is 34.9. The molecule has 0 spiro atoms. The second-order valence-electron chi connectivity index (χ2n) is 5.79. The quantitative estimate of drug-likeness (QED) is 0.840. The predicted octanol–water partition coefficient (Wildman–Crippen LogP) is 0.947. The van der Waals surface area contributed by atoms with Crippen molar-refractivity contribution >= 4 is 21.7 Å². The van der Waals surface area contributed by atoms with E-state index in [1.54, 1.807) is 18.5 Å². The molecule has 1 N–H and O–H groups in total. The molecule has 9 nitrogen and oxygen atoms in total. The highest BCUT2D eigenvalue weighted by atomic mass is 32.2. The molecule has 0 bridgehead atoms. The van der Waals surface area contributed by atoms with Gasteiger partial charge in [-0.2, -0.15) is 5.10 Å². The van der Waals surface area contributed by atoms with E-state index in [0.717, 1.165) is 13.1 Å². The number of hydrogen-bond acceptors (Lipinski definition) is 7. The van der Waals surface area contributed by atoms with Gasteiger partial charge in [-0.1, -0.05) is 0 Å². The molecule has 1 aliphatic heterocycles. The fraction of sp³-hybridized carbons (Fsp3) is 0.533. The van der Waals surface area contributed by atoms with Gasteiger partial charge in [0.1, 0.15) is 4.90 Å². The minimum Gasteiger partial charge on any atom is -0.378 e. The van der Waals surface area contributed by atoms with Crippen molar-refractivity contribution in [1.29, 1.82) is 0 Å². The highest BCUT2D eigenvalue weighted by Gasteiger charge is 2.24. The third-order valence-corrected chi connectivity index (χ3v) is 5.70. The lowest BCUT2D eigenvalue weighted by molar-refractivity contribution is 0.122. The molecule has 0 aliphatic carbocycles. The summed E-state index contributed by atoms with van der Waals surface area (Å²) in [5, 5.41) is 4.26. The van der Waals surface area contributed by atoms with Crippen LogP contribution in [0.4, 0.5) is 11.6 Å². The minimum atomic E-state index is -3.75. The second-order valence-corrected chi connectivity index (χ2v) is 7.41. The molecule has 0 aromatic carbocycles. The number of morpholine rings is 1. The molecule has 0 saturated carbocycles. The maximum Gasteiger partial charge on any atom is 0.265 e. The van der Waals surface area contributed by atoms with Crippen LogP contribution in [-0.2, 0) is 21.3 Å². The highest BCUT2D eigenvalue weighted by Crippen LogP contribution is 2.22. The zero-order chi connectivity index (χ0) is 18.0. The van der Waals surface area contributed by atoms with Gasteiger partial charge in [0.25, 0.3) is 10.0 Å². The van der Waals surface area contributed by atoms with Crippen LogP contribution >= 0.6 is 0 Å². The zero-order valence-corrected chi connectivity index (χ0v) is 15.4. The molecule has 3 rings (SSSR count). The number of aromatic nitrogens is 4. The van der Waals surface area contributed by atoms with Crippen LogP contribution in [0.5, 0.6) is 0 Å². The van der Waals surface area contributed by atoms with Gasteiger partial charge in [-0.3, -0.25) is 9.40 Å². The Labute approximate surface area is 147 Å². The Bertz CT molecular complexity index is 841. The molecule has 2 aromatic rings. The number of rotatable bonds is 5. The lowest BCUT2D eigenvalue weighted by atomic mass is 10.4. The van der Waals surface area contributed by atoms with Gasteiger partial charge >= 0.3 is 0 Å². The van der Waals surface area contributed by atoms with Crippen LogP contribution in [-0.4, -0.2) is 54.5 Å². The fourth-order valence-electron chi connectivity index (χ4n) is 2.88. The van der Waals surface area contributed by atoms with E-state index in [0.29, 0.717) is 42.8 Å². The summed E-state index contributed by atoms with van der Waals surface area (Å²) in [6.07, 6.45) is 2.95. The van der Waals surface area contributed by atoms with Crippen molar-refractivity contribution in [1.82, 2.24) is 19.7 Å². The molecule has 0 amide bonds. The first-order chi connectivity index (χ1) is 11.9. The average Bonchev–Trinajstić information content (AvgIpc) is 2.90. The summed E-state index contributed by atoms with van der Waals surface area (Å²) in [6.45, 7) is 8.68. The van der Waals surface area contributed by atoms with Crippen molar-refractivity contribution in [2.75, 3.05) is 35.9 Å². The lowest BCUT2D eigenvalue weighted by Crippen LogP contribution is -2.37. The molecule has 0 atom stereocenters. The highest BCUT2D eigenvalue weighted by molar-refractivity contribution is 7.92. The largest absolute Gasteiger partial charge is 0.378 e. The molecule has 136 valence electrons. The molecule has 3 heterocycles. The molecule has 0 unspecified atom stereocenters. The minimum absolute atomic E-state index is 0.201. The molecule has 2 aromatic heterocycles. The monoisotopic (exact) mass is 366 g/mol.